The molecule has 108 valence electrons. The molecule has 5 nitrogen and oxygen atoms in total. The van der Waals surface area contributed by atoms with Crippen molar-refractivity contribution in [1.82, 2.24) is 19.7 Å². The predicted molar refractivity (Wildman–Crippen MR) is 81.9 cm³/mol. The molecule has 0 bridgehead atoms. The number of methoxy groups -OCH3 is 1. The van der Waals surface area contributed by atoms with Crippen LogP contribution >= 0.6 is 0 Å². The molecule has 0 spiro atoms. The van der Waals surface area contributed by atoms with Crippen LogP contribution in [0.15, 0.2) is 30.5 Å². The smallest absolute Gasteiger partial charge is 0.121 e. The second kappa shape index (κ2) is 5.09. The van der Waals surface area contributed by atoms with Crippen molar-refractivity contribution in [2.45, 2.75) is 20.8 Å². The number of rotatable bonds is 3. The topological polar surface area (TPSA) is 55.7 Å². The summed E-state index contributed by atoms with van der Waals surface area (Å²) in [4.78, 5) is 7.55. The van der Waals surface area contributed by atoms with Gasteiger partial charge in [0, 0.05) is 17.3 Å². The van der Waals surface area contributed by atoms with Crippen LogP contribution in [0.25, 0.3) is 16.9 Å². The molecule has 5 heteroatoms. The van der Waals surface area contributed by atoms with Crippen LogP contribution in [-0.4, -0.2) is 26.9 Å². The fourth-order valence-corrected chi connectivity index (χ4v) is 2.47. The van der Waals surface area contributed by atoms with E-state index in [1.807, 2.05) is 49.8 Å². The maximum Gasteiger partial charge on any atom is 0.121 e. The van der Waals surface area contributed by atoms with Crippen molar-refractivity contribution in [3.05, 3.63) is 47.7 Å². The third kappa shape index (κ3) is 2.42. The van der Waals surface area contributed by atoms with E-state index in [2.05, 4.69) is 21.1 Å². The third-order valence-corrected chi connectivity index (χ3v) is 3.44. The van der Waals surface area contributed by atoms with Gasteiger partial charge >= 0.3 is 0 Å². The van der Waals surface area contributed by atoms with Gasteiger partial charge in [-0.1, -0.05) is 0 Å². The number of hydrogen-bond acceptors (Lipinski definition) is 3. The molecule has 3 aromatic rings. The lowest BCUT2D eigenvalue weighted by Crippen LogP contribution is -2.02. The van der Waals surface area contributed by atoms with Gasteiger partial charge in [-0.05, 0) is 39.0 Å². The van der Waals surface area contributed by atoms with Gasteiger partial charge in [0.2, 0.25) is 0 Å². The van der Waals surface area contributed by atoms with Gasteiger partial charge in [0.25, 0.3) is 0 Å². The minimum Gasteiger partial charge on any atom is -0.497 e. The highest BCUT2D eigenvalue weighted by molar-refractivity contribution is 5.71. The van der Waals surface area contributed by atoms with E-state index in [1.165, 1.54) is 0 Å². The van der Waals surface area contributed by atoms with Crippen LogP contribution in [0.2, 0.25) is 0 Å². The molecule has 1 aromatic carbocycles. The number of nitrogens with zero attached hydrogens (tertiary/aromatic N) is 3. The first kappa shape index (κ1) is 13.4. The molecule has 3 rings (SSSR count). The summed E-state index contributed by atoms with van der Waals surface area (Å²) in [7, 11) is 1.67. The van der Waals surface area contributed by atoms with Crippen LogP contribution in [0.5, 0.6) is 5.75 Å². The van der Waals surface area contributed by atoms with Crippen LogP contribution in [0.4, 0.5) is 0 Å². The molecule has 1 N–H and O–H groups in total. The fraction of sp³-hybridized carbons (Fsp3) is 0.250. The van der Waals surface area contributed by atoms with E-state index in [0.717, 1.165) is 39.9 Å². The Morgan fingerprint density at radius 3 is 2.52 bits per heavy atom. The van der Waals surface area contributed by atoms with Gasteiger partial charge in [-0.15, -0.1) is 0 Å². The lowest BCUT2D eigenvalue weighted by Gasteiger charge is -2.12. The molecule has 0 radical (unpaired) electrons. The molecule has 0 aliphatic rings. The molecule has 0 aliphatic heterocycles. The average molecular weight is 282 g/mol. The number of aromatic nitrogens is 4. The molecule has 0 saturated heterocycles. The van der Waals surface area contributed by atoms with E-state index in [0.29, 0.717) is 0 Å². The normalized spacial score (nSPS) is 10.9. The van der Waals surface area contributed by atoms with Crippen molar-refractivity contribution in [3.63, 3.8) is 0 Å². The summed E-state index contributed by atoms with van der Waals surface area (Å²) in [6, 6.07) is 8.02. The zero-order chi connectivity index (χ0) is 15.0. The minimum atomic E-state index is 0.803. The Labute approximate surface area is 123 Å². The summed E-state index contributed by atoms with van der Waals surface area (Å²) in [5.74, 6) is 1.69. The first-order valence-corrected chi connectivity index (χ1v) is 6.82. The molecule has 0 atom stereocenters. The molecule has 0 amide bonds. The van der Waals surface area contributed by atoms with Gasteiger partial charge in [0.1, 0.15) is 11.6 Å². The van der Waals surface area contributed by atoms with E-state index in [9.17, 15) is 0 Å². The zero-order valence-electron chi connectivity index (χ0n) is 12.6. The van der Waals surface area contributed by atoms with Crippen molar-refractivity contribution in [1.29, 1.82) is 0 Å². The van der Waals surface area contributed by atoms with E-state index in [-0.39, 0.29) is 0 Å². The van der Waals surface area contributed by atoms with Gasteiger partial charge in [0.15, 0.2) is 0 Å². The Kier molecular flexibility index (Phi) is 3.25. The Bertz CT molecular complexity index is 785. The number of H-pyrrole nitrogens is 1. The predicted octanol–water partition coefficient (Wildman–Crippen LogP) is 3.20. The quantitative estimate of drug-likeness (QED) is 0.802. The SMILES string of the molecule is COc1ccc(-c2cnc(C)[nH]2)c(-n2nc(C)cc2C)c1. The van der Waals surface area contributed by atoms with Gasteiger partial charge < -0.3 is 9.72 Å². The Hall–Kier alpha value is -2.56. The summed E-state index contributed by atoms with van der Waals surface area (Å²) in [5, 5.41) is 4.58. The first-order valence-electron chi connectivity index (χ1n) is 6.82. The van der Waals surface area contributed by atoms with Crippen molar-refractivity contribution in [2.75, 3.05) is 7.11 Å². The summed E-state index contributed by atoms with van der Waals surface area (Å²) in [6.07, 6.45) is 1.84. The first-order chi connectivity index (χ1) is 10.1. The van der Waals surface area contributed by atoms with E-state index >= 15 is 0 Å². The molecule has 21 heavy (non-hydrogen) atoms. The molecule has 2 aromatic heterocycles. The standard InChI is InChI=1S/C16H18N4O/c1-10-7-11(2)20(19-10)16-8-13(21-4)5-6-14(16)15-9-17-12(3)18-15/h5-9H,1-4H3,(H,17,18). The van der Waals surface area contributed by atoms with Crippen molar-refractivity contribution in [2.24, 2.45) is 0 Å². The van der Waals surface area contributed by atoms with Crippen molar-refractivity contribution >= 4 is 0 Å². The number of ether oxygens (including phenoxy) is 1. The van der Waals surface area contributed by atoms with Gasteiger partial charge in [-0.25, -0.2) is 9.67 Å². The Morgan fingerprint density at radius 1 is 1.14 bits per heavy atom. The molecule has 0 unspecified atom stereocenters. The maximum absolute atomic E-state index is 5.35. The summed E-state index contributed by atoms with van der Waals surface area (Å²) in [5.41, 5.74) is 5.06. The maximum atomic E-state index is 5.35. The zero-order valence-corrected chi connectivity index (χ0v) is 12.6. The van der Waals surface area contributed by atoms with Gasteiger partial charge in [0.05, 0.1) is 30.4 Å². The second-order valence-electron chi connectivity index (χ2n) is 5.10. The van der Waals surface area contributed by atoms with Crippen LogP contribution in [-0.2, 0) is 0 Å². The van der Waals surface area contributed by atoms with Crippen LogP contribution < -0.4 is 4.74 Å². The number of benzene rings is 1. The van der Waals surface area contributed by atoms with Crippen LogP contribution in [0.1, 0.15) is 17.2 Å². The largest absolute Gasteiger partial charge is 0.497 e. The second-order valence-corrected chi connectivity index (χ2v) is 5.10. The van der Waals surface area contributed by atoms with Gasteiger partial charge in [-0.2, -0.15) is 5.10 Å². The van der Waals surface area contributed by atoms with E-state index < -0.39 is 0 Å². The fourth-order valence-electron chi connectivity index (χ4n) is 2.47. The molecular weight excluding hydrogens is 264 g/mol. The summed E-state index contributed by atoms with van der Waals surface area (Å²) < 4.78 is 7.29. The summed E-state index contributed by atoms with van der Waals surface area (Å²) in [6.45, 7) is 5.97. The molecule has 2 heterocycles. The highest BCUT2D eigenvalue weighted by Crippen LogP contribution is 2.30. The number of nitrogens with one attached hydrogen (secondary N) is 1. The third-order valence-electron chi connectivity index (χ3n) is 3.44. The lowest BCUT2D eigenvalue weighted by molar-refractivity contribution is 0.414. The monoisotopic (exact) mass is 282 g/mol. The highest BCUT2D eigenvalue weighted by atomic mass is 16.5. The number of aryl methyl sites for hydroxylation is 3. The average Bonchev–Trinajstić information content (AvgIpc) is 3.03. The van der Waals surface area contributed by atoms with Crippen molar-refractivity contribution < 1.29 is 4.74 Å². The minimum absolute atomic E-state index is 0.803. The Balaban J connectivity index is 2.23. The van der Waals surface area contributed by atoms with Crippen LogP contribution in [0.3, 0.4) is 0 Å². The van der Waals surface area contributed by atoms with Crippen LogP contribution in [0, 0.1) is 20.8 Å². The molecular formula is C16H18N4O. The van der Waals surface area contributed by atoms with Gasteiger partial charge in [-0.3, -0.25) is 0 Å². The van der Waals surface area contributed by atoms with Crippen molar-refractivity contribution in [3.8, 4) is 22.7 Å². The Morgan fingerprint density at radius 2 is 1.95 bits per heavy atom. The number of hydrogen-bond donors (Lipinski definition) is 1. The molecule has 0 aliphatic carbocycles. The number of aromatic amines is 1. The molecule has 0 saturated carbocycles. The molecule has 0 fully saturated rings. The number of imidazole rings is 1. The highest BCUT2D eigenvalue weighted by Gasteiger charge is 2.13. The van der Waals surface area contributed by atoms with E-state index in [1.54, 1.807) is 7.11 Å². The summed E-state index contributed by atoms with van der Waals surface area (Å²) >= 11 is 0. The van der Waals surface area contributed by atoms with E-state index in [4.69, 9.17) is 4.74 Å². The lowest BCUT2D eigenvalue weighted by atomic mass is 10.1.